The minimum absolute atomic E-state index is 0.0192. The smallest absolute Gasteiger partial charge is 0.489 e. The van der Waals surface area contributed by atoms with E-state index >= 15 is 0 Å². The molecule has 12 nitrogen and oxygen atoms in total. The Bertz CT molecular complexity index is 1770. The fraction of sp³-hybridized carbons (Fsp3) is 0.265. The molecule has 1 fully saturated rings. The number of halogens is 3. The molecule has 1 aliphatic rings. The van der Waals surface area contributed by atoms with Gasteiger partial charge in [0.25, 0.3) is 5.91 Å². The van der Waals surface area contributed by atoms with Gasteiger partial charge in [0, 0.05) is 23.2 Å². The predicted molar refractivity (Wildman–Crippen MR) is 168 cm³/mol. The lowest BCUT2D eigenvalue weighted by molar-refractivity contribution is -0.192. The van der Waals surface area contributed by atoms with E-state index < -0.39 is 36.1 Å². The molecule has 2 heterocycles. The molecule has 5 rings (SSSR count). The van der Waals surface area contributed by atoms with E-state index in [9.17, 15) is 32.8 Å². The zero-order valence-corrected chi connectivity index (χ0v) is 26.2. The summed E-state index contributed by atoms with van der Waals surface area (Å²) in [6.07, 6.45) is -5.16. The van der Waals surface area contributed by atoms with Crippen molar-refractivity contribution in [2.24, 2.45) is 0 Å². The van der Waals surface area contributed by atoms with E-state index in [1.54, 1.807) is 29.7 Å². The van der Waals surface area contributed by atoms with Crippen LogP contribution in [0.1, 0.15) is 35.2 Å². The van der Waals surface area contributed by atoms with Crippen LogP contribution >= 0.6 is 0 Å². The van der Waals surface area contributed by atoms with Crippen molar-refractivity contribution in [1.82, 2.24) is 20.5 Å². The van der Waals surface area contributed by atoms with Gasteiger partial charge in [-0.2, -0.15) is 13.2 Å². The number of hydrogen-bond donors (Lipinski definition) is 3. The SMILES string of the molecule is Cc1cc(COc2ccc(CC(=O)N3[C@@H](C(=O)NO)CCCN3C(=O)OCc3ccccc3)cc2)c2ccccc2n1.O=C(O)C(F)(F)F. The molecular weight excluding hydrogens is 649 g/mol. The molecule has 0 aliphatic carbocycles. The number of pyridine rings is 1. The summed E-state index contributed by atoms with van der Waals surface area (Å²) in [5, 5.41) is 19.7. The van der Waals surface area contributed by atoms with Crippen molar-refractivity contribution in [3.8, 4) is 5.75 Å². The van der Waals surface area contributed by atoms with Crippen molar-refractivity contribution in [1.29, 1.82) is 0 Å². The quantitative estimate of drug-likeness (QED) is 0.165. The number of para-hydroxylation sites is 1. The first-order chi connectivity index (χ1) is 23.4. The molecule has 49 heavy (non-hydrogen) atoms. The highest BCUT2D eigenvalue weighted by Gasteiger charge is 2.40. The number of carboxylic acid groups (broad SMARTS) is 1. The van der Waals surface area contributed by atoms with Gasteiger partial charge in [0.1, 0.15) is 25.0 Å². The van der Waals surface area contributed by atoms with Gasteiger partial charge >= 0.3 is 18.2 Å². The first-order valence-corrected chi connectivity index (χ1v) is 15.0. The van der Waals surface area contributed by atoms with Crippen molar-refractivity contribution in [2.75, 3.05) is 6.54 Å². The number of ether oxygens (including phenoxy) is 2. The Balaban J connectivity index is 0.000000698. The van der Waals surface area contributed by atoms with Crippen LogP contribution < -0.4 is 10.2 Å². The fourth-order valence-electron chi connectivity index (χ4n) is 5.07. The number of aliphatic carboxylic acids is 1. The lowest BCUT2D eigenvalue weighted by Gasteiger charge is -2.42. The number of carbonyl (C=O) groups excluding carboxylic acids is 3. The van der Waals surface area contributed by atoms with Crippen LogP contribution in [-0.2, 0) is 38.8 Å². The number of rotatable bonds is 8. The summed E-state index contributed by atoms with van der Waals surface area (Å²) in [7, 11) is 0. The van der Waals surface area contributed by atoms with Crippen LogP contribution in [0.4, 0.5) is 18.0 Å². The van der Waals surface area contributed by atoms with Crippen molar-refractivity contribution in [2.45, 2.75) is 51.6 Å². The van der Waals surface area contributed by atoms with Crippen LogP contribution in [0.5, 0.6) is 5.75 Å². The van der Waals surface area contributed by atoms with Gasteiger partial charge in [0.05, 0.1) is 11.9 Å². The number of nitrogens with one attached hydrogen (secondary N) is 1. The third-order valence-electron chi connectivity index (χ3n) is 7.33. The van der Waals surface area contributed by atoms with E-state index in [1.165, 1.54) is 0 Å². The Morgan fingerprint density at radius 3 is 2.24 bits per heavy atom. The molecule has 1 saturated heterocycles. The van der Waals surface area contributed by atoms with E-state index in [0.717, 1.165) is 37.7 Å². The minimum atomic E-state index is -5.08. The Morgan fingerprint density at radius 1 is 0.939 bits per heavy atom. The van der Waals surface area contributed by atoms with Crippen LogP contribution in [-0.4, -0.2) is 68.0 Å². The number of nitrogens with zero attached hydrogens (tertiary/aromatic N) is 3. The van der Waals surface area contributed by atoms with Crippen LogP contribution in [0, 0.1) is 6.92 Å². The van der Waals surface area contributed by atoms with Gasteiger partial charge in [-0.25, -0.2) is 25.1 Å². The van der Waals surface area contributed by atoms with E-state index in [4.69, 9.17) is 19.4 Å². The number of carboxylic acids is 1. The van der Waals surface area contributed by atoms with E-state index in [-0.39, 0.29) is 26.0 Å². The van der Waals surface area contributed by atoms with Crippen LogP contribution in [0.3, 0.4) is 0 Å². The van der Waals surface area contributed by atoms with E-state index in [0.29, 0.717) is 24.3 Å². The highest BCUT2D eigenvalue weighted by Crippen LogP contribution is 2.24. The molecule has 0 saturated carbocycles. The van der Waals surface area contributed by atoms with Gasteiger partial charge in [-0.1, -0.05) is 60.7 Å². The Morgan fingerprint density at radius 2 is 1.59 bits per heavy atom. The highest BCUT2D eigenvalue weighted by atomic mass is 19.4. The van der Waals surface area contributed by atoms with Crippen LogP contribution in [0.25, 0.3) is 10.9 Å². The first-order valence-electron chi connectivity index (χ1n) is 15.0. The fourth-order valence-corrected chi connectivity index (χ4v) is 5.07. The normalized spacial score (nSPS) is 14.3. The lowest BCUT2D eigenvalue weighted by atomic mass is 10.1. The summed E-state index contributed by atoms with van der Waals surface area (Å²) in [6.45, 7) is 2.52. The monoisotopic (exact) mass is 682 g/mol. The number of benzene rings is 3. The lowest BCUT2D eigenvalue weighted by Crippen LogP contribution is -2.62. The number of alkyl halides is 3. The second-order valence-corrected chi connectivity index (χ2v) is 10.9. The summed E-state index contributed by atoms with van der Waals surface area (Å²) < 4.78 is 43.2. The largest absolute Gasteiger partial charge is 0.490 e. The molecule has 0 unspecified atom stereocenters. The topological polar surface area (TPSA) is 159 Å². The molecule has 1 aliphatic heterocycles. The van der Waals surface area contributed by atoms with E-state index in [1.807, 2.05) is 67.6 Å². The molecule has 3 N–H and O–H groups in total. The van der Waals surface area contributed by atoms with Crippen LogP contribution in [0.2, 0.25) is 0 Å². The van der Waals surface area contributed by atoms with E-state index in [2.05, 4.69) is 4.98 Å². The number of aromatic nitrogens is 1. The summed E-state index contributed by atoms with van der Waals surface area (Å²) in [5.41, 5.74) is 5.92. The molecule has 1 aromatic heterocycles. The average molecular weight is 683 g/mol. The van der Waals surface area contributed by atoms with Gasteiger partial charge in [-0.3, -0.25) is 19.8 Å². The minimum Gasteiger partial charge on any atom is -0.489 e. The number of hydrogen-bond acceptors (Lipinski definition) is 8. The zero-order chi connectivity index (χ0) is 35.6. The predicted octanol–water partition coefficient (Wildman–Crippen LogP) is 5.35. The van der Waals surface area contributed by atoms with Crippen molar-refractivity contribution >= 4 is 34.8 Å². The highest BCUT2D eigenvalue weighted by molar-refractivity contribution is 5.89. The van der Waals surface area contributed by atoms with Gasteiger partial charge < -0.3 is 14.6 Å². The van der Waals surface area contributed by atoms with Crippen molar-refractivity contribution < 1.29 is 52.1 Å². The molecule has 0 radical (unpaired) electrons. The summed E-state index contributed by atoms with van der Waals surface area (Å²) in [6, 6.07) is 25.1. The standard InChI is InChI=1S/C32H32N4O6.C2HF3O2/c1-22-18-25(27-10-5-6-11-28(27)33-22)21-41-26-15-13-23(14-16-26)19-30(37)36-29(31(38)34-40)12-7-17-35(36)32(39)42-20-24-8-3-2-4-9-24;3-2(4,5)1(6)7/h2-6,8-11,13-16,18,29,40H,7,12,17,19-21H2,1H3,(H,34,38);(H,6,7)/t29-;/m1./s1. The molecule has 0 bridgehead atoms. The molecule has 0 spiro atoms. The number of aryl methyl sites for hydroxylation is 1. The first kappa shape index (κ1) is 36.1. The third-order valence-corrected chi connectivity index (χ3v) is 7.33. The van der Waals surface area contributed by atoms with Crippen molar-refractivity contribution in [3.05, 3.63) is 107 Å². The summed E-state index contributed by atoms with van der Waals surface area (Å²) >= 11 is 0. The molecule has 15 heteroatoms. The Hall–Kier alpha value is -5.70. The number of fused-ring (bicyclic) bond motifs is 1. The van der Waals surface area contributed by atoms with Gasteiger partial charge in [0.2, 0.25) is 5.91 Å². The Labute approximate surface area is 278 Å². The second-order valence-electron chi connectivity index (χ2n) is 10.9. The van der Waals surface area contributed by atoms with Crippen LogP contribution in [0.15, 0.2) is 84.9 Å². The molecule has 1 atom stereocenters. The molecule has 4 aromatic rings. The second kappa shape index (κ2) is 16.4. The third kappa shape index (κ3) is 9.90. The number of hydroxylamine groups is 1. The maximum Gasteiger partial charge on any atom is 0.490 e. The number of carbonyl (C=O) groups is 4. The maximum atomic E-state index is 13.5. The Kier molecular flexibility index (Phi) is 12.1. The zero-order valence-electron chi connectivity index (χ0n) is 26.2. The molecule has 258 valence electrons. The molecule has 3 aromatic carbocycles. The average Bonchev–Trinajstić information content (AvgIpc) is 3.09. The summed E-state index contributed by atoms with van der Waals surface area (Å²) in [4.78, 5) is 52.5. The number of hydrazine groups is 1. The van der Waals surface area contributed by atoms with Gasteiger partial charge in [-0.15, -0.1) is 0 Å². The van der Waals surface area contributed by atoms with Gasteiger partial charge in [-0.05, 0) is 55.2 Å². The molecular formula is C34H33F3N4O8. The maximum absolute atomic E-state index is 13.5. The molecule has 3 amide bonds. The summed E-state index contributed by atoms with van der Waals surface area (Å²) in [5.74, 6) is -3.38. The van der Waals surface area contributed by atoms with Gasteiger partial charge in [0.15, 0.2) is 0 Å². The van der Waals surface area contributed by atoms with Crippen molar-refractivity contribution in [3.63, 3.8) is 0 Å². The number of amides is 3.